The molecule has 0 saturated carbocycles. The van der Waals surface area contributed by atoms with Gasteiger partial charge in [-0.25, -0.2) is 0 Å². The Balaban J connectivity index is 2.26. The van der Waals surface area contributed by atoms with Gasteiger partial charge in [-0.1, -0.05) is 54.1 Å². The summed E-state index contributed by atoms with van der Waals surface area (Å²) < 4.78 is 0. The van der Waals surface area contributed by atoms with Crippen LogP contribution in [-0.4, -0.2) is 23.2 Å². The van der Waals surface area contributed by atoms with Gasteiger partial charge in [0.15, 0.2) is 0 Å². The predicted molar refractivity (Wildman–Crippen MR) is 93.7 cm³/mol. The quantitative estimate of drug-likeness (QED) is 0.847. The Labute approximate surface area is 142 Å². The van der Waals surface area contributed by atoms with E-state index in [4.69, 9.17) is 11.6 Å². The van der Waals surface area contributed by atoms with E-state index in [0.29, 0.717) is 11.4 Å². The van der Waals surface area contributed by atoms with Gasteiger partial charge in [-0.3, -0.25) is 4.79 Å². The molecule has 0 heterocycles. The minimum Gasteiger partial charge on any atom is -0.394 e. The number of benzene rings is 2. The molecule has 0 radical (unpaired) electrons. The molecule has 2 N–H and O–H groups in total. The molecule has 0 aliphatic carbocycles. The lowest BCUT2D eigenvalue weighted by atomic mass is 9.88. The van der Waals surface area contributed by atoms with Crippen molar-refractivity contribution in [1.29, 1.82) is 0 Å². The van der Waals surface area contributed by atoms with E-state index in [9.17, 15) is 9.90 Å². The highest BCUT2D eigenvalue weighted by Gasteiger charge is 2.23. The summed E-state index contributed by atoms with van der Waals surface area (Å²) in [6.07, 6.45) is 0.299. The number of aliphatic hydroxyl groups excluding tert-OH is 1. The summed E-state index contributed by atoms with van der Waals surface area (Å²) in [7, 11) is 0. The summed E-state index contributed by atoms with van der Waals surface area (Å²) in [5.41, 5.74) is 1.43. The van der Waals surface area contributed by atoms with E-state index in [-0.39, 0.29) is 18.4 Å². The average Bonchev–Trinajstić information content (AvgIpc) is 2.53. The molecule has 0 unspecified atom stereocenters. The van der Waals surface area contributed by atoms with Gasteiger partial charge in [0.25, 0.3) is 0 Å². The maximum Gasteiger partial charge on any atom is 0.221 e. The minimum atomic E-state index is -0.632. The zero-order valence-electron chi connectivity index (χ0n) is 13.4. The van der Waals surface area contributed by atoms with Crippen molar-refractivity contribution in [3.8, 4) is 0 Å². The van der Waals surface area contributed by atoms with E-state index in [1.54, 1.807) is 13.8 Å². The Morgan fingerprint density at radius 2 is 1.78 bits per heavy atom. The van der Waals surface area contributed by atoms with Crippen LogP contribution in [0.3, 0.4) is 0 Å². The zero-order chi connectivity index (χ0) is 16.9. The third-order valence-electron chi connectivity index (χ3n) is 3.72. The van der Waals surface area contributed by atoms with Gasteiger partial charge in [-0.05, 0) is 37.1 Å². The molecular formula is C19H22ClNO2. The van der Waals surface area contributed by atoms with E-state index >= 15 is 0 Å². The van der Waals surface area contributed by atoms with E-state index in [1.165, 1.54) is 0 Å². The summed E-state index contributed by atoms with van der Waals surface area (Å²) in [5, 5.41) is 12.8. The number of carbonyl (C=O) groups excluding carboxylic acids is 1. The molecule has 0 bridgehead atoms. The highest BCUT2D eigenvalue weighted by Crippen LogP contribution is 2.29. The Kier molecular flexibility index (Phi) is 5.80. The van der Waals surface area contributed by atoms with Gasteiger partial charge in [-0.2, -0.15) is 0 Å². The molecule has 4 heteroatoms. The smallest absolute Gasteiger partial charge is 0.221 e. The van der Waals surface area contributed by atoms with Crippen LogP contribution in [0.2, 0.25) is 5.02 Å². The van der Waals surface area contributed by atoms with Crippen LogP contribution < -0.4 is 5.32 Å². The van der Waals surface area contributed by atoms with Crippen LogP contribution in [0.1, 0.15) is 37.3 Å². The van der Waals surface area contributed by atoms with Gasteiger partial charge >= 0.3 is 0 Å². The topological polar surface area (TPSA) is 49.3 Å². The van der Waals surface area contributed by atoms with Crippen LogP contribution in [0, 0.1) is 0 Å². The van der Waals surface area contributed by atoms with Crippen LogP contribution in [-0.2, 0) is 4.79 Å². The first-order chi connectivity index (χ1) is 10.9. The molecule has 2 rings (SSSR count). The first-order valence-corrected chi connectivity index (χ1v) is 8.01. The maximum absolute atomic E-state index is 12.4. The van der Waals surface area contributed by atoms with Crippen LogP contribution in [0.4, 0.5) is 0 Å². The zero-order valence-corrected chi connectivity index (χ0v) is 14.2. The van der Waals surface area contributed by atoms with Gasteiger partial charge in [0, 0.05) is 17.4 Å². The van der Waals surface area contributed by atoms with E-state index < -0.39 is 5.54 Å². The van der Waals surface area contributed by atoms with Gasteiger partial charge in [0.1, 0.15) is 0 Å². The van der Waals surface area contributed by atoms with Crippen LogP contribution in [0.5, 0.6) is 0 Å². The maximum atomic E-state index is 12.4. The summed E-state index contributed by atoms with van der Waals surface area (Å²) in [6, 6.07) is 17.5. The second kappa shape index (κ2) is 7.62. The van der Waals surface area contributed by atoms with Crippen LogP contribution in [0.15, 0.2) is 54.6 Å². The summed E-state index contributed by atoms with van der Waals surface area (Å²) >= 11 is 6.11. The standard InChI is InChI=1S/C19H22ClNO2/c1-19(2,13-22)21-18(23)12-17(14-7-4-3-5-8-14)15-9-6-10-16(20)11-15/h3-11,17,22H,12-13H2,1-2H3,(H,21,23)/t17-/m0/s1. The molecule has 0 spiro atoms. The summed E-state index contributed by atoms with van der Waals surface area (Å²) in [4.78, 5) is 12.4. The Bertz CT molecular complexity index is 655. The number of amides is 1. The first kappa shape index (κ1) is 17.5. The number of nitrogens with one attached hydrogen (secondary N) is 1. The Morgan fingerprint density at radius 1 is 1.13 bits per heavy atom. The lowest BCUT2D eigenvalue weighted by Crippen LogP contribution is -2.46. The van der Waals surface area contributed by atoms with Crippen molar-refractivity contribution in [3.05, 3.63) is 70.7 Å². The molecule has 0 aromatic heterocycles. The van der Waals surface area contributed by atoms with Gasteiger partial charge in [-0.15, -0.1) is 0 Å². The van der Waals surface area contributed by atoms with E-state index in [1.807, 2.05) is 54.6 Å². The van der Waals surface area contributed by atoms with Crippen molar-refractivity contribution >= 4 is 17.5 Å². The highest BCUT2D eigenvalue weighted by molar-refractivity contribution is 6.30. The lowest BCUT2D eigenvalue weighted by molar-refractivity contribution is -0.123. The molecule has 2 aromatic carbocycles. The third kappa shape index (κ3) is 5.08. The molecule has 122 valence electrons. The minimum absolute atomic E-state index is 0.0793. The van der Waals surface area contributed by atoms with Crippen molar-refractivity contribution in [2.24, 2.45) is 0 Å². The number of hydrogen-bond acceptors (Lipinski definition) is 2. The molecule has 0 aliphatic rings. The van der Waals surface area contributed by atoms with Crippen LogP contribution >= 0.6 is 11.6 Å². The molecule has 0 fully saturated rings. The molecule has 3 nitrogen and oxygen atoms in total. The van der Waals surface area contributed by atoms with Crippen molar-refractivity contribution in [3.63, 3.8) is 0 Å². The molecule has 2 aromatic rings. The third-order valence-corrected chi connectivity index (χ3v) is 3.95. The number of rotatable bonds is 6. The van der Waals surface area contributed by atoms with E-state index in [0.717, 1.165) is 11.1 Å². The number of hydrogen-bond donors (Lipinski definition) is 2. The van der Waals surface area contributed by atoms with Gasteiger partial charge in [0.2, 0.25) is 5.91 Å². The number of aliphatic hydroxyl groups is 1. The monoisotopic (exact) mass is 331 g/mol. The van der Waals surface area contributed by atoms with Crippen molar-refractivity contribution in [1.82, 2.24) is 5.32 Å². The highest BCUT2D eigenvalue weighted by atomic mass is 35.5. The second-order valence-corrected chi connectivity index (χ2v) is 6.75. The van der Waals surface area contributed by atoms with Gasteiger partial charge < -0.3 is 10.4 Å². The fourth-order valence-electron chi connectivity index (χ4n) is 2.49. The molecule has 0 aliphatic heterocycles. The summed E-state index contributed by atoms with van der Waals surface area (Å²) in [5.74, 6) is -0.178. The van der Waals surface area contributed by atoms with Crippen molar-refractivity contribution in [2.45, 2.75) is 31.7 Å². The number of carbonyl (C=O) groups is 1. The largest absolute Gasteiger partial charge is 0.394 e. The molecule has 23 heavy (non-hydrogen) atoms. The van der Waals surface area contributed by atoms with Crippen molar-refractivity contribution < 1.29 is 9.90 Å². The molecule has 1 atom stereocenters. The Hall–Kier alpha value is -1.84. The summed E-state index contributed by atoms with van der Waals surface area (Å²) in [6.45, 7) is 3.48. The second-order valence-electron chi connectivity index (χ2n) is 6.31. The predicted octanol–water partition coefficient (Wildman–Crippen LogP) is 3.75. The fraction of sp³-hybridized carbons (Fsp3) is 0.316. The van der Waals surface area contributed by atoms with Crippen LogP contribution in [0.25, 0.3) is 0 Å². The molecule has 1 amide bonds. The molecular weight excluding hydrogens is 310 g/mol. The van der Waals surface area contributed by atoms with E-state index in [2.05, 4.69) is 5.32 Å². The van der Waals surface area contributed by atoms with Crippen molar-refractivity contribution in [2.75, 3.05) is 6.61 Å². The average molecular weight is 332 g/mol. The normalized spacial score (nSPS) is 12.7. The van der Waals surface area contributed by atoms with Gasteiger partial charge in [0.05, 0.1) is 12.1 Å². The lowest BCUT2D eigenvalue weighted by Gasteiger charge is -2.25. The fourth-order valence-corrected chi connectivity index (χ4v) is 2.69. The molecule has 0 saturated heterocycles. The number of halogens is 1. The Morgan fingerprint density at radius 3 is 2.39 bits per heavy atom. The first-order valence-electron chi connectivity index (χ1n) is 7.63. The SMILES string of the molecule is CC(C)(CO)NC(=O)C[C@@H](c1ccccc1)c1cccc(Cl)c1.